The smallest absolute Gasteiger partial charge is 0.186 e. The van der Waals surface area contributed by atoms with Gasteiger partial charge in [0, 0.05) is 6.54 Å². The lowest BCUT2D eigenvalue weighted by atomic mass is 10.4. The molecule has 2 rings (SSSR count). The number of aromatic nitrogens is 2. The van der Waals surface area contributed by atoms with Crippen molar-refractivity contribution in [2.24, 2.45) is 5.92 Å². The minimum absolute atomic E-state index is 0.496. The summed E-state index contributed by atoms with van der Waals surface area (Å²) in [4.78, 5) is 0. The summed E-state index contributed by atoms with van der Waals surface area (Å²) in [5.74, 6) is 1.58. The first-order valence-electron chi connectivity index (χ1n) is 3.58. The molecule has 0 amide bonds. The summed E-state index contributed by atoms with van der Waals surface area (Å²) in [5.41, 5.74) is 0. The molecule has 0 bridgehead atoms. The normalized spacial score (nSPS) is 16.8. The summed E-state index contributed by atoms with van der Waals surface area (Å²) in [6, 6.07) is 0. The van der Waals surface area contributed by atoms with Gasteiger partial charge < -0.3 is 5.32 Å². The largest absolute Gasteiger partial charge is 0.366 e. The molecule has 1 aromatic heterocycles. The second kappa shape index (κ2) is 2.95. The molecule has 0 radical (unpaired) electrons. The van der Waals surface area contributed by atoms with Crippen molar-refractivity contribution >= 4 is 29.1 Å². The van der Waals surface area contributed by atoms with Crippen molar-refractivity contribution in [1.82, 2.24) is 8.75 Å². The van der Waals surface area contributed by atoms with Crippen LogP contribution in [0.15, 0.2) is 0 Å². The molecule has 0 atom stereocenters. The van der Waals surface area contributed by atoms with Gasteiger partial charge in [0.25, 0.3) is 0 Å². The Labute approximate surface area is 74.1 Å². The maximum atomic E-state index is 5.72. The topological polar surface area (TPSA) is 37.8 Å². The highest BCUT2D eigenvalue weighted by Gasteiger charge is 2.21. The van der Waals surface area contributed by atoms with E-state index in [4.69, 9.17) is 11.6 Å². The van der Waals surface area contributed by atoms with Crippen molar-refractivity contribution in [2.75, 3.05) is 11.9 Å². The van der Waals surface area contributed by atoms with Crippen LogP contribution in [0, 0.1) is 5.92 Å². The molecule has 1 heterocycles. The van der Waals surface area contributed by atoms with Crippen molar-refractivity contribution in [3.05, 3.63) is 5.15 Å². The number of anilines is 1. The molecule has 0 aliphatic heterocycles. The first-order valence-corrected chi connectivity index (χ1v) is 4.69. The molecule has 1 aromatic rings. The zero-order chi connectivity index (χ0) is 7.68. The summed E-state index contributed by atoms with van der Waals surface area (Å²) in [6.07, 6.45) is 2.67. The van der Waals surface area contributed by atoms with Crippen LogP contribution in [0.5, 0.6) is 0 Å². The average Bonchev–Trinajstić information content (AvgIpc) is 2.73. The molecule has 60 valence electrons. The molecule has 1 N–H and O–H groups in total. The lowest BCUT2D eigenvalue weighted by Gasteiger charge is -1.98. The standard InChI is InChI=1S/C6H8ClN3S/c7-5-6(10-11-9-5)8-3-4-1-2-4/h4H,1-3H2,(H,8,10). The molecule has 1 aliphatic rings. The number of rotatable bonds is 3. The van der Waals surface area contributed by atoms with E-state index in [1.54, 1.807) is 0 Å². The van der Waals surface area contributed by atoms with Crippen LogP contribution >= 0.6 is 23.3 Å². The Morgan fingerprint density at radius 3 is 2.91 bits per heavy atom. The first-order chi connectivity index (χ1) is 5.36. The Balaban J connectivity index is 1.89. The molecule has 0 unspecified atom stereocenters. The van der Waals surface area contributed by atoms with Crippen LogP contribution in [0.1, 0.15) is 12.8 Å². The van der Waals surface area contributed by atoms with Crippen LogP contribution in [0.4, 0.5) is 5.82 Å². The Bertz CT molecular complexity index is 246. The first kappa shape index (κ1) is 7.31. The van der Waals surface area contributed by atoms with Crippen molar-refractivity contribution in [3.8, 4) is 0 Å². The fraction of sp³-hybridized carbons (Fsp3) is 0.667. The third kappa shape index (κ3) is 1.81. The van der Waals surface area contributed by atoms with E-state index in [1.807, 2.05) is 0 Å². The average molecular weight is 190 g/mol. The summed E-state index contributed by atoms with van der Waals surface area (Å²) >= 11 is 6.86. The Kier molecular flexibility index (Phi) is 1.96. The molecule has 1 aliphatic carbocycles. The third-order valence-electron chi connectivity index (χ3n) is 1.70. The SMILES string of the molecule is Clc1nsnc1NCC1CC1. The van der Waals surface area contributed by atoms with Gasteiger partial charge in [-0.15, -0.1) is 0 Å². The van der Waals surface area contributed by atoms with Gasteiger partial charge in [0.15, 0.2) is 11.0 Å². The Hall–Kier alpha value is -0.350. The molecular weight excluding hydrogens is 182 g/mol. The molecular formula is C6H8ClN3S. The van der Waals surface area contributed by atoms with Crippen LogP contribution in [0.25, 0.3) is 0 Å². The van der Waals surface area contributed by atoms with Crippen LogP contribution in [-0.4, -0.2) is 15.3 Å². The number of nitrogens with one attached hydrogen (secondary N) is 1. The number of hydrogen-bond donors (Lipinski definition) is 1. The molecule has 5 heteroatoms. The van der Waals surface area contributed by atoms with E-state index < -0.39 is 0 Å². The zero-order valence-electron chi connectivity index (χ0n) is 5.88. The zero-order valence-corrected chi connectivity index (χ0v) is 7.45. The Morgan fingerprint density at radius 1 is 1.55 bits per heavy atom. The molecule has 0 saturated heterocycles. The van der Waals surface area contributed by atoms with Crippen molar-refractivity contribution in [2.45, 2.75) is 12.8 Å². The molecule has 11 heavy (non-hydrogen) atoms. The van der Waals surface area contributed by atoms with E-state index in [9.17, 15) is 0 Å². The maximum absolute atomic E-state index is 5.72. The van der Waals surface area contributed by atoms with E-state index in [0.29, 0.717) is 5.15 Å². The number of hydrogen-bond acceptors (Lipinski definition) is 4. The highest BCUT2D eigenvalue weighted by Crippen LogP contribution is 2.29. The third-order valence-corrected chi connectivity index (χ3v) is 2.60. The molecule has 0 aromatic carbocycles. The second-order valence-corrected chi connectivity index (χ2v) is 3.61. The van der Waals surface area contributed by atoms with Gasteiger partial charge in [-0.25, -0.2) is 0 Å². The van der Waals surface area contributed by atoms with E-state index in [2.05, 4.69) is 14.1 Å². The predicted molar refractivity (Wildman–Crippen MR) is 46.1 cm³/mol. The van der Waals surface area contributed by atoms with Crippen LogP contribution in [-0.2, 0) is 0 Å². The van der Waals surface area contributed by atoms with Gasteiger partial charge in [-0.2, -0.15) is 8.75 Å². The molecule has 3 nitrogen and oxygen atoms in total. The van der Waals surface area contributed by atoms with Crippen LogP contribution in [0.2, 0.25) is 5.15 Å². The van der Waals surface area contributed by atoms with Gasteiger partial charge in [0.2, 0.25) is 0 Å². The minimum Gasteiger partial charge on any atom is -0.366 e. The second-order valence-electron chi connectivity index (χ2n) is 2.73. The van der Waals surface area contributed by atoms with Crippen LogP contribution < -0.4 is 5.32 Å². The molecule has 1 saturated carbocycles. The van der Waals surface area contributed by atoms with Gasteiger partial charge in [0.1, 0.15) is 0 Å². The Morgan fingerprint density at radius 2 is 2.36 bits per heavy atom. The van der Waals surface area contributed by atoms with E-state index in [1.165, 1.54) is 12.8 Å². The summed E-state index contributed by atoms with van der Waals surface area (Å²) in [5, 5.41) is 3.66. The van der Waals surface area contributed by atoms with Gasteiger partial charge >= 0.3 is 0 Å². The monoisotopic (exact) mass is 189 g/mol. The lowest BCUT2D eigenvalue weighted by molar-refractivity contribution is 0.885. The summed E-state index contributed by atoms with van der Waals surface area (Å²) in [6.45, 7) is 0.991. The lowest BCUT2D eigenvalue weighted by Crippen LogP contribution is -2.03. The highest BCUT2D eigenvalue weighted by molar-refractivity contribution is 6.99. The van der Waals surface area contributed by atoms with Crippen molar-refractivity contribution in [1.29, 1.82) is 0 Å². The van der Waals surface area contributed by atoms with Gasteiger partial charge in [-0.05, 0) is 18.8 Å². The molecule has 1 fully saturated rings. The quantitative estimate of drug-likeness (QED) is 0.791. The highest BCUT2D eigenvalue weighted by atomic mass is 35.5. The van der Waals surface area contributed by atoms with Gasteiger partial charge in [-0.1, -0.05) is 11.6 Å². The van der Waals surface area contributed by atoms with E-state index in [0.717, 1.165) is 30.0 Å². The molecule has 0 spiro atoms. The summed E-state index contributed by atoms with van der Waals surface area (Å²) in [7, 11) is 0. The van der Waals surface area contributed by atoms with Gasteiger partial charge in [0.05, 0.1) is 11.7 Å². The number of halogens is 1. The van der Waals surface area contributed by atoms with Crippen molar-refractivity contribution < 1.29 is 0 Å². The van der Waals surface area contributed by atoms with Crippen molar-refractivity contribution in [3.63, 3.8) is 0 Å². The van der Waals surface area contributed by atoms with E-state index >= 15 is 0 Å². The summed E-state index contributed by atoms with van der Waals surface area (Å²) < 4.78 is 7.85. The predicted octanol–water partition coefficient (Wildman–Crippen LogP) is 2.01. The maximum Gasteiger partial charge on any atom is 0.186 e. The fourth-order valence-corrected chi connectivity index (χ4v) is 1.53. The van der Waals surface area contributed by atoms with Gasteiger partial charge in [-0.3, -0.25) is 0 Å². The number of nitrogens with zero attached hydrogens (tertiary/aromatic N) is 2. The van der Waals surface area contributed by atoms with Crippen LogP contribution in [0.3, 0.4) is 0 Å². The minimum atomic E-state index is 0.496. The fourth-order valence-electron chi connectivity index (χ4n) is 0.846. The van der Waals surface area contributed by atoms with E-state index in [-0.39, 0.29) is 0 Å².